The molecule has 0 bridgehead atoms. The molecule has 0 spiro atoms. The van der Waals surface area contributed by atoms with Crippen LogP contribution >= 0.6 is 0 Å². The summed E-state index contributed by atoms with van der Waals surface area (Å²) in [6.07, 6.45) is 0. The van der Waals surface area contributed by atoms with Crippen molar-refractivity contribution in [1.29, 1.82) is 0 Å². The van der Waals surface area contributed by atoms with Crippen LogP contribution in [0.15, 0.2) is 24.3 Å². The zero-order valence-corrected chi connectivity index (χ0v) is 12.1. The van der Waals surface area contributed by atoms with Crippen LogP contribution in [0.4, 0.5) is 5.69 Å². The molecule has 0 radical (unpaired) electrons. The number of ether oxygens (including phenoxy) is 1. The van der Waals surface area contributed by atoms with Gasteiger partial charge in [-0.15, -0.1) is 0 Å². The molecule has 1 rings (SSSR count). The third-order valence-electron chi connectivity index (χ3n) is 2.83. The second-order valence-corrected chi connectivity index (χ2v) is 4.52. The van der Waals surface area contributed by atoms with Crippen LogP contribution < -0.4 is 10.5 Å². The van der Waals surface area contributed by atoms with E-state index in [4.69, 9.17) is 10.5 Å². The molecule has 0 aromatic heterocycles. The molecular weight excluding hydrogens is 258 g/mol. The lowest BCUT2D eigenvalue weighted by atomic mass is 10.3. The number of nitrogens with zero attached hydrogens (tertiary/aromatic N) is 2. The Morgan fingerprint density at radius 3 is 2.40 bits per heavy atom. The molecule has 6 nitrogen and oxygen atoms in total. The summed E-state index contributed by atoms with van der Waals surface area (Å²) >= 11 is 0. The van der Waals surface area contributed by atoms with Crippen LogP contribution in [0.25, 0.3) is 0 Å². The highest BCUT2D eigenvalue weighted by atomic mass is 16.5. The van der Waals surface area contributed by atoms with Gasteiger partial charge in [-0.05, 0) is 19.1 Å². The van der Waals surface area contributed by atoms with E-state index in [0.29, 0.717) is 18.0 Å². The Morgan fingerprint density at radius 1 is 1.20 bits per heavy atom. The molecule has 1 aromatic rings. The Kier molecular flexibility index (Phi) is 5.83. The van der Waals surface area contributed by atoms with E-state index >= 15 is 0 Å². The summed E-state index contributed by atoms with van der Waals surface area (Å²) in [5, 5.41) is 0. The summed E-state index contributed by atoms with van der Waals surface area (Å²) in [6.45, 7) is 2.18. The van der Waals surface area contributed by atoms with Crippen molar-refractivity contribution >= 4 is 17.5 Å². The first-order valence-corrected chi connectivity index (χ1v) is 6.41. The number of hydrogen-bond acceptors (Lipinski definition) is 4. The van der Waals surface area contributed by atoms with Gasteiger partial charge in [0.15, 0.2) is 6.61 Å². The van der Waals surface area contributed by atoms with Crippen molar-refractivity contribution < 1.29 is 14.3 Å². The van der Waals surface area contributed by atoms with Gasteiger partial charge in [0.2, 0.25) is 5.91 Å². The van der Waals surface area contributed by atoms with Crippen molar-refractivity contribution in [2.24, 2.45) is 0 Å². The molecule has 0 heterocycles. The van der Waals surface area contributed by atoms with Gasteiger partial charge in [0.05, 0.1) is 12.2 Å². The molecule has 0 aliphatic heterocycles. The zero-order chi connectivity index (χ0) is 15.1. The van der Waals surface area contributed by atoms with E-state index in [0.717, 1.165) is 0 Å². The summed E-state index contributed by atoms with van der Waals surface area (Å²) in [6, 6.07) is 6.97. The van der Waals surface area contributed by atoms with E-state index in [1.165, 1.54) is 9.80 Å². The number of likely N-dealkylation sites (N-methyl/N-ethyl adjacent to an activating group) is 2. The molecule has 1 aromatic carbocycles. The van der Waals surface area contributed by atoms with E-state index in [-0.39, 0.29) is 25.0 Å². The molecule has 0 saturated heterocycles. The van der Waals surface area contributed by atoms with Crippen molar-refractivity contribution in [1.82, 2.24) is 9.80 Å². The lowest BCUT2D eigenvalue weighted by Gasteiger charge is -2.22. The fourth-order valence-electron chi connectivity index (χ4n) is 1.52. The minimum absolute atomic E-state index is 0.0516. The van der Waals surface area contributed by atoms with E-state index in [2.05, 4.69) is 0 Å². The van der Waals surface area contributed by atoms with E-state index < -0.39 is 0 Å². The highest BCUT2D eigenvalue weighted by molar-refractivity contribution is 5.85. The predicted molar refractivity (Wildman–Crippen MR) is 77.3 cm³/mol. The third kappa shape index (κ3) is 4.46. The number of nitrogen functional groups attached to an aromatic ring is 1. The van der Waals surface area contributed by atoms with Gasteiger partial charge in [-0.3, -0.25) is 9.59 Å². The molecule has 0 saturated carbocycles. The molecule has 0 fully saturated rings. The van der Waals surface area contributed by atoms with Crippen molar-refractivity contribution in [2.75, 3.05) is 39.5 Å². The molecule has 0 aliphatic carbocycles. The van der Waals surface area contributed by atoms with Gasteiger partial charge < -0.3 is 20.3 Å². The van der Waals surface area contributed by atoms with E-state index in [1.807, 2.05) is 6.92 Å². The Bertz CT molecular complexity index is 474. The summed E-state index contributed by atoms with van der Waals surface area (Å²) in [5.41, 5.74) is 6.20. The molecule has 110 valence electrons. The largest absolute Gasteiger partial charge is 0.482 e. The number of para-hydroxylation sites is 2. The first kappa shape index (κ1) is 15.8. The van der Waals surface area contributed by atoms with Crippen molar-refractivity contribution in [3.63, 3.8) is 0 Å². The number of benzene rings is 1. The van der Waals surface area contributed by atoms with Crippen LogP contribution in [0.3, 0.4) is 0 Å². The monoisotopic (exact) mass is 279 g/mol. The first-order chi connectivity index (χ1) is 9.45. The lowest BCUT2D eigenvalue weighted by Crippen LogP contribution is -2.42. The van der Waals surface area contributed by atoms with Crippen LogP contribution in [0, 0.1) is 0 Å². The first-order valence-electron chi connectivity index (χ1n) is 6.41. The van der Waals surface area contributed by atoms with E-state index in [1.54, 1.807) is 38.4 Å². The SMILES string of the molecule is CCN(CC(=O)N(C)C)C(=O)COc1ccccc1N. The average molecular weight is 279 g/mol. The van der Waals surface area contributed by atoms with Gasteiger partial charge in [-0.1, -0.05) is 12.1 Å². The maximum Gasteiger partial charge on any atom is 0.260 e. The van der Waals surface area contributed by atoms with Crippen LogP contribution in [0.2, 0.25) is 0 Å². The van der Waals surface area contributed by atoms with Gasteiger partial charge in [0, 0.05) is 20.6 Å². The maximum atomic E-state index is 12.0. The number of rotatable bonds is 6. The minimum atomic E-state index is -0.244. The van der Waals surface area contributed by atoms with Crippen LogP contribution in [-0.4, -0.2) is 55.4 Å². The molecule has 2 N–H and O–H groups in total. The third-order valence-corrected chi connectivity index (χ3v) is 2.83. The van der Waals surface area contributed by atoms with E-state index in [9.17, 15) is 9.59 Å². The van der Waals surface area contributed by atoms with Gasteiger partial charge >= 0.3 is 0 Å². The minimum Gasteiger partial charge on any atom is -0.482 e. The van der Waals surface area contributed by atoms with Gasteiger partial charge in [0.1, 0.15) is 5.75 Å². The van der Waals surface area contributed by atoms with Crippen LogP contribution in [-0.2, 0) is 9.59 Å². The number of hydrogen-bond donors (Lipinski definition) is 1. The zero-order valence-electron chi connectivity index (χ0n) is 12.1. The van der Waals surface area contributed by atoms with Gasteiger partial charge in [0.25, 0.3) is 5.91 Å². The molecule has 2 amide bonds. The number of amides is 2. The average Bonchev–Trinajstić information content (AvgIpc) is 2.43. The molecule has 0 atom stereocenters. The number of carbonyl (C=O) groups excluding carboxylic acids is 2. The summed E-state index contributed by atoms with van der Waals surface area (Å²) in [4.78, 5) is 26.5. The van der Waals surface area contributed by atoms with Crippen LogP contribution in [0.1, 0.15) is 6.92 Å². The lowest BCUT2D eigenvalue weighted by molar-refractivity contribution is -0.140. The highest BCUT2D eigenvalue weighted by Gasteiger charge is 2.17. The predicted octanol–water partition coefficient (Wildman–Crippen LogP) is 0.584. The second kappa shape index (κ2) is 7.37. The summed E-state index contributed by atoms with van der Waals surface area (Å²) in [7, 11) is 3.31. The van der Waals surface area contributed by atoms with Crippen molar-refractivity contribution in [2.45, 2.75) is 6.92 Å². The number of carbonyl (C=O) groups is 2. The van der Waals surface area contributed by atoms with Crippen LogP contribution in [0.5, 0.6) is 5.75 Å². The highest BCUT2D eigenvalue weighted by Crippen LogP contribution is 2.19. The summed E-state index contributed by atoms with van der Waals surface area (Å²) in [5.74, 6) is 0.0983. The normalized spacial score (nSPS) is 9.95. The Labute approximate surface area is 119 Å². The summed E-state index contributed by atoms with van der Waals surface area (Å²) < 4.78 is 5.38. The maximum absolute atomic E-state index is 12.0. The molecule has 6 heteroatoms. The standard InChI is InChI=1S/C14H21N3O3/c1-4-17(9-13(18)16(2)3)14(19)10-20-12-8-6-5-7-11(12)15/h5-8H,4,9-10,15H2,1-3H3. The molecular formula is C14H21N3O3. The second-order valence-electron chi connectivity index (χ2n) is 4.52. The number of anilines is 1. The number of nitrogens with two attached hydrogens (primary N) is 1. The molecule has 20 heavy (non-hydrogen) atoms. The topological polar surface area (TPSA) is 75.9 Å². The van der Waals surface area contributed by atoms with Crippen molar-refractivity contribution in [3.8, 4) is 5.75 Å². The van der Waals surface area contributed by atoms with Crippen molar-refractivity contribution in [3.05, 3.63) is 24.3 Å². The smallest absolute Gasteiger partial charge is 0.260 e. The fourth-order valence-corrected chi connectivity index (χ4v) is 1.52. The molecule has 0 aliphatic rings. The molecule has 0 unspecified atom stereocenters. The fraction of sp³-hybridized carbons (Fsp3) is 0.429. The quantitative estimate of drug-likeness (QED) is 0.773. The Balaban J connectivity index is 2.56. The van der Waals surface area contributed by atoms with Gasteiger partial charge in [-0.2, -0.15) is 0 Å². The Hall–Kier alpha value is -2.24. The van der Waals surface area contributed by atoms with Gasteiger partial charge in [-0.25, -0.2) is 0 Å². The Morgan fingerprint density at radius 2 is 1.85 bits per heavy atom.